The molecule has 3 aromatic rings. The molecule has 0 bridgehead atoms. The number of aromatic nitrogens is 3. The fourth-order valence-electron chi connectivity index (χ4n) is 4.97. The molecule has 2 fully saturated rings. The average Bonchev–Trinajstić information content (AvgIpc) is 3.40. The molecule has 0 radical (unpaired) electrons. The topological polar surface area (TPSA) is 106 Å². The van der Waals surface area contributed by atoms with Gasteiger partial charge in [0.1, 0.15) is 23.8 Å². The number of benzene rings is 1. The summed E-state index contributed by atoms with van der Waals surface area (Å²) in [5.74, 6) is -6.81. The second-order valence-corrected chi connectivity index (χ2v) is 9.78. The molecule has 8 nitrogen and oxygen atoms in total. The number of halogens is 7. The molecule has 2 amide bonds. The SMILES string of the molecule is Cc1c(F)cc(-c2cc(C(F)(F)F)c3c(N)ncnn23)cc1C(=O)N[C@@H]1CN(C(=O)C2CC(F)(F)C2)C[C@@H]1F. The van der Waals surface area contributed by atoms with Gasteiger partial charge >= 0.3 is 6.18 Å². The summed E-state index contributed by atoms with van der Waals surface area (Å²) in [6.07, 6.45) is -6.88. The van der Waals surface area contributed by atoms with Crippen LogP contribution in [0.15, 0.2) is 24.5 Å². The fraction of sp³-hybridized carbons (Fsp3) is 0.417. The molecule has 3 heterocycles. The zero-order valence-corrected chi connectivity index (χ0v) is 20.2. The Labute approximate surface area is 216 Å². The molecule has 1 saturated carbocycles. The van der Waals surface area contributed by atoms with E-state index < -0.39 is 84.1 Å². The Kier molecular flexibility index (Phi) is 6.22. The zero-order chi connectivity index (χ0) is 28.4. The van der Waals surface area contributed by atoms with Gasteiger partial charge in [-0.15, -0.1) is 0 Å². The van der Waals surface area contributed by atoms with Gasteiger partial charge in [-0.3, -0.25) is 9.59 Å². The van der Waals surface area contributed by atoms with Gasteiger partial charge in [0, 0.05) is 36.4 Å². The molecule has 3 N–H and O–H groups in total. The van der Waals surface area contributed by atoms with Crippen molar-refractivity contribution in [2.75, 3.05) is 18.8 Å². The van der Waals surface area contributed by atoms with Crippen LogP contribution in [0.3, 0.4) is 0 Å². The molecular formula is C24H21F7N6O2. The van der Waals surface area contributed by atoms with Crippen molar-refractivity contribution < 1.29 is 40.3 Å². The Morgan fingerprint density at radius 2 is 1.85 bits per heavy atom. The summed E-state index contributed by atoms with van der Waals surface area (Å²) in [7, 11) is 0. The highest BCUT2D eigenvalue weighted by molar-refractivity contribution is 5.97. The lowest BCUT2D eigenvalue weighted by atomic mass is 9.80. The van der Waals surface area contributed by atoms with E-state index >= 15 is 0 Å². The Hall–Kier alpha value is -3.91. The van der Waals surface area contributed by atoms with Gasteiger partial charge < -0.3 is 16.0 Å². The number of nitrogens with one attached hydrogen (secondary N) is 1. The van der Waals surface area contributed by atoms with Crippen molar-refractivity contribution in [1.29, 1.82) is 0 Å². The number of hydrogen-bond donors (Lipinski definition) is 2. The number of hydrogen-bond acceptors (Lipinski definition) is 5. The van der Waals surface area contributed by atoms with Crippen LogP contribution in [0.2, 0.25) is 0 Å². The Morgan fingerprint density at radius 1 is 1.15 bits per heavy atom. The summed E-state index contributed by atoms with van der Waals surface area (Å²) in [6, 6.07) is 1.56. The summed E-state index contributed by atoms with van der Waals surface area (Å²) < 4.78 is 97.7. The molecular weight excluding hydrogens is 537 g/mol. The first-order valence-corrected chi connectivity index (χ1v) is 11.8. The molecule has 0 spiro atoms. The van der Waals surface area contributed by atoms with Crippen LogP contribution < -0.4 is 11.1 Å². The molecule has 1 aliphatic heterocycles. The van der Waals surface area contributed by atoms with Gasteiger partial charge in [-0.05, 0) is 30.7 Å². The predicted octanol–water partition coefficient (Wildman–Crippen LogP) is 3.77. The highest BCUT2D eigenvalue weighted by Gasteiger charge is 2.51. The Bertz CT molecular complexity index is 1480. The van der Waals surface area contributed by atoms with Gasteiger partial charge in [0.2, 0.25) is 11.8 Å². The van der Waals surface area contributed by atoms with E-state index in [4.69, 9.17) is 5.73 Å². The van der Waals surface area contributed by atoms with Crippen LogP contribution in [0, 0.1) is 18.7 Å². The van der Waals surface area contributed by atoms with Gasteiger partial charge in [0.25, 0.3) is 5.91 Å². The van der Waals surface area contributed by atoms with Crippen molar-refractivity contribution >= 4 is 23.1 Å². The highest BCUT2D eigenvalue weighted by Crippen LogP contribution is 2.43. The largest absolute Gasteiger partial charge is 0.418 e. The maximum Gasteiger partial charge on any atom is 0.418 e. The van der Waals surface area contributed by atoms with Crippen molar-refractivity contribution in [3.05, 3.63) is 47.0 Å². The van der Waals surface area contributed by atoms with E-state index in [0.717, 1.165) is 27.9 Å². The smallest absolute Gasteiger partial charge is 0.382 e. The third-order valence-electron chi connectivity index (χ3n) is 7.09. The van der Waals surface area contributed by atoms with Gasteiger partial charge in [-0.2, -0.15) is 18.3 Å². The predicted molar refractivity (Wildman–Crippen MR) is 123 cm³/mol. The number of carbonyl (C=O) groups excluding carboxylic acids is 2. The number of amides is 2. The minimum atomic E-state index is -4.84. The molecule has 39 heavy (non-hydrogen) atoms. The second-order valence-electron chi connectivity index (χ2n) is 9.78. The summed E-state index contributed by atoms with van der Waals surface area (Å²) in [5.41, 5.74) is 3.13. The molecule has 5 rings (SSSR count). The Morgan fingerprint density at radius 3 is 2.49 bits per heavy atom. The lowest BCUT2D eigenvalue weighted by Crippen LogP contribution is -2.47. The maximum atomic E-state index is 14.9. The monoisotopic (exact) mass is 558 g/mol. The maximum absolute atomic E-state index is 14.9. The van der Waals surface area contributed by atoms with Crippen LogP contribution in [0.4, 0.5) is 36.6 Å². The number of nitrogens with zero attached hydrogens (tertiary/aromatic N) is 4. The molecule has 2 atom stereocenters. The van der Waals surface area contributed by atoms with Crippen LogP contribution in [0.25, 0.3) is 16.8 Å². The van der Waals surface area contributed by atoms with E-state index in [1.54, 1.807) is 0 Å². The summed E-state index contributed by atoms with van der Waals surface area (Å²) in [5, 5.41) is 6.19. The number of nitrogens with two attached hydrogens (primary N) is 1. The number of rotatable bonds is 4. The van der Waals surface area contributed by atoms with Gasteiger partial charge in [0.15, 0.2) is 5.82 Å². The van der Waals surface area contributed by atoms with Crippen LogP contribution in [0.1, 0.15) is 34.3 Å². The first-order valence-electron chi connectivity index (χ1n) is 11.8. The van der Waals surface area contributed by atoms with Gasteiger partial charge in [0.05, 0.1) is 23.8 Å². The quantitative estimate of drug-likeness (QED) is 0.475. The second kappa shape index (κ2) is 9.09. The Balaban J connectivity index is 1.42. The summed E-state index contributed by atoms with van der Waals surface area (Å²) in [6.45, 7) is 0.583. The molecule has 0 unspecified atom stereocenters. The lowest BCUT2D eigenvalue weighted by Gasteiger charge is -2.36. The fourth-order valence-corrected chi connectivity index (χ4v) is 4.97. The van der Waals surface area contributed by atoms with Crippen LogP contribution in [-0.2, 0) is 11.0 Å². The lowest BCUT2D eigenvalue weighted by molar-refractivity contribution is -0.159. The molecule has 15 heteroatoms. The number of fused-ring (bicyclic) bond motifs is 1. The van der Waals surface area contributed by atoms with E-state index in [9.17, 15) is 40.3 Å². The van der Waals surface area contributed by atoms with Gasteiger partial charge in [-0.1, -0.05) is 0 Å². The van der Waals surface area contributed by atoms with Gasteiger partial charge in [-0.25, -0.2) is 27.1 Å². The minimum Gasteiger partial charge on any atom is -0.382 e. The number of carbonyl (C=O) groups is 2. The van der Waals surface area contributed by atoms with E-state index in [0.29, 0.717) is 6.07 Å². The number of alkyl halides is 6. The van der Waals surface area contributed by atoms with Crippen molar-refractivity contribution in [3.8, 4) is 11.3 Å². The summed E-state index contributed by atoms with van der Waals surface area (Å²) >= 11 is 0. The van der Waals surface area contributed by atoms with E-state index in [2.05, 4.69) is 15.4 Å². The summed E-state index contributed by atoms with van der Waals surface area (Å²) in [4.78, 5) is 30.1. The third kappa shape index (κ3) is 4.74. The van der Waals surface area contributed by atoms with Crippen LogP contribution in [-0.4, -0.2) is 62.5 Å². The van der Waals surface area contributed by atoms with Crippen LogP contribution >= 0.6 is 0 Å². The molecule has 2 aliphatic rings. The molecule has 1 aliphatic carbocycles. The van der Waals surface area contributed by atoms with Crippen molar-refractivity contribution in [2.45, 2.75) is 44.1 Å². The normalized spacial score (nSPS) is 21.3. The van der Waals surface area contributed by atoms with Crippen molar-refractivity contribution in [2.24, 2.45) is 5.92 Å². The first-order chi connectivity index (χ1) is 18.2. The third-order valence-corrected chi connectivity index (χ3v) is 7.09. The molecule has 1 aromatic carbocycles. The molecule has 208 valence electrons. The average molecular weight is 558 g/mol. The highest BCUT2D eigenvalue weighted by atomic mass is 19.4. The van der Waals surface area contributed by atoms with Crippen LogP contribution in [0.5, 0.6) is 0 Å². The molecule has 2 aromatic heterocycles. The number of likely N-dealkylation sites (tertiary alicyclic amines) is 1. The minimum absolute atomic E-state index is 0.141. The van der Waals surface area contributed by atoms with Crippen molar-refractivity contribution in [3.63, 3.8) is 0 Å². The van der Waals surface area contributed by atoms with E-state index in [1.807, 2.05) is 0 Å². The molecule has 1 saturated heterocycles. The number of anilines is 1. The standard InChI is InChI=1S/C24H21F7N6O2/c1-10-13(21(38)35-17-8-36(7-16(17)26)22(39)12-5-23(27,28)6-12)2-11(3-15(10)25)18-4-14(24(29,30)31)19-20(32)33-9-34-37(18)19/h2-4,9,12,16-17H,5-8H2,1H3,(H,35,38)(H2,32,33,34)/t16-,17+/m0/s1. The van der Waals surface area contributed by atoms with E-state index in [-0.39, 0.29) is 28.9 Å². The van der Waals surface area contributed by atoms with Crippen molar-refractivity contribution in [1.82, 2.24) is 24.8 Å². The number of nitrogen functional groups attached to an aromatic ring is 1. The van der Waals surface area contributed by atoms with E-state index in [1.165, 1.54) is 6.92 Å². The first kappa shape index (κ1) is 26.7. The zero-order valence-electron chi connectivity index (χ0n) is 20.2.